The predicted molar refractivity (Wildman–Crippen MR) is 218 cm³/mol. The molecule has 0 aliphatic carbocycles. The largest absolute Gasteiger partial charge is 0.399 e. The Morgan fingerprint density at radius 3 is 1.28 bits per heavy atom. The molecule has 0 spiro atoms. The van der Waals surface area contributed by atoms with Gasteiger partial charge in [0.05, 0.1) is 6.61 Å². The van der Waals surface area contributed by atoms with Crippen LogP contribution < -0.4 is 20.7 Å². The topological polar surface area (TPSA) is 88.4 Å². The first-order valence-corrected chi connectivity index (χ1v) is 22.3. The smallest absolute Gasteiger partial charge is 0.261 e. The Hall–Kier alpha value is -3.71. The fourth-order valence-electron chi connectivity index (χ4n) is 8.23. The van der Waals surface area contributed by atoms with Gasteiger partial charge in [0.25, 0.3) is 16.6 Å². The van der Waals surface area contributed by atoms with Gasteiger partial charge in [-0.1, -0.05) is 193 Å². The highest BCUT2D eigenvalue weighted by Gasteiger charge is 2.63. The van der Waals surface area contributed by atoms with Gasteiger partial charge in [0.2, 0.25) is 5.79 Å². The van der Waals surface area contributed by atoms with E-state index in [0.717, 1.165) is 26.3 Å². The summed E-state index contributed by atoms with van der Waals surface area (Å²) in [5.74, 6) is -2.15. The molecule has 6 rings (SSSR count). The molecular formula is C45H54O6Si2. The molecule has 278 valence electrons. The number of ether oxygens (including phenoxy) is 1. The third-order valence-electron chi connectivity index (χ3n) is 10.8. The van der Waals surface area contributed by atoms with Crippen LogP contribution in [0.5, 0.6) is 0 Å². The lowest BCUT2D eigenvalue weighted by Crippen LogP contribution is -2.76. The van der Waals surface area contributed by atoms with Gasteiger partial charge in [-0.2, -0.15) is 0 Å². The molecule has 5 aromatic rings. The first-order chi connectivity index (χ1) is 25.2. The average Bonchev–Trinajstić information content (AvgIpc) is 3.15. The van der Waals surface area contributed by atoms with Crippen LogP contribution in [0.3, 0.4) is 0 Å². The monoisotopic (exact) mass is 746 g/mol. The summed E-state index contributed by atoms with van der Waals surface area (Å²) < 4.78 is 21.9. The van der Waals surface area contributed by atoms with Crippen molar-refractivity contribution in [3.05, 3.63) is 157 Å². The van der Waals surface area contributed by atoms with Crippen molar-refractivity contribution in [2.24, 2.45) is 0 Å². The molecule has 8 heteroatoms. The molecule has 1 fully saturated rings. The Kier molecular flexibility index (Phi) is 11.2. The van der Waals surface area contributed by atoms with Gasteiger partial charge in [0.15, 0.2) is 0 Å². The van der Waals surface area contributed by atoms with Gasteiger partial charge < -0.3 is 28.9 Å². The van der Waals surface area contributed by atoms with E-state index in [4.69, 9.17) is 13.6 Å². The van der Waals surface area contributed by atoms with Gasteiger partial charge in [-0.05, 0) is 37.7 Å². The van der Waals surface area contributed by atoms with Crippen LogP contribution in [-0.4, -0.2) is 63.0 Å². The number of aliphatic hydroxyl groups excluding tert-OH is 2. The zero-order valence-corrected chi connectivity index (χ0v) is 33.9. The molecule has 1 heterocycles. The Bertz CT molecular complexity index is 1830. The van der Waals surface area contributed by atoms with Crippen molar-refractivity contribution in [2.45, 2.75) is 88.7 Å². The van der Waals surface area contributed by atoms with Crippen molar-refractivity contribution in [3.63, 3.8) is 0 Å². The van der Waals surface area contributed by atoms with E-state index in [1.807, 2.05) is 104 Å². The highest BCUT2D eigenvalue weighted by atomic mass is 28.4. The van der Waals surface area contributed by atoms with Crippen LogP contribution in [0.25, 0.3) is 0 Å². The lowest BCUT2D eigenvalue weighted by molar-refractivity contribution is -0.351. The minimum Gasteiger partial charge on any atom is -0.399 e. The summed E-state index contributed by atoms with van der Waals surface area (Å²) in [7, 11) is -6.70. The lowest BCUT2D eigenvalue weighted by atomic mass is 9.88. The van der Waals surface area contributed by atoms with Crippen LogP contribution in [0.2, 0.25) is 10.1 Å². The quantitative estimate of drug-likeness (QED) is 0.157. The normalized spacial score (nSPS) is 22.8. The standard InChI is InChI=1S/C45H54O6Si2/c1-33-28-30-34(31-29-33)45(48)42(51-53(44(5,6)7,37-24-16-10-17-25-37)38-26-18-11-19-27-38)40(47)41(39(32-46)49-45)50-52(43(2,3)4,35-20-12-8-13-21-35)36-22-14-9-15-23-36/h8-31,39-42,46-48H,32H2,1-7H3/t39-,40+,41-,42-,45-/m1/s1. The number of benzene rings is 5. The molecule has 0 saturated carbocycles. The minimum atomic E-state index is -3.40. The summed E-state index contributed by atoms with van der Waals surface area (Å²) in [6.07, 6.45) is -4.95. The number of hydrogen-bond acceptors (Lipinski definition) is 6. The molecule has 3 N–H and O–H groups in total. The summed E-state index contributed by atoms with van der Waals surface area (Å²) in [5.41, 5.74) is 1.43. The zero-order chi connectivity index (χ0) is 38.1. The number of aryl methyl sites for hydroxylation is 1. The summed E-state index contributed by atoms with van der Waals surface area (Å²) in [6.45, 7) is 14.5. The molecule has 0 aromatic heterocycles. The third-order valence-corrected chi connectivity index (χ3v) is 20.9. The molecule has 1 saturated heterocycles. The second-order valence-electron chi connectivity index (χ2n) is 16.3. The van der Waals surface area contributed by atoms with Crippen molar-refractivity contribution in [3.8, 4) is 0 Å². The van der Waals surface area contributed by atoms with Crippen molar-refractivity contribution >= 4 is 37.4 Å². The van der Waals surface area contributed by atoms with Crippen molar-refractivity contribution in [1.29, 1.82) is 0 Å². The van der Waals surface area contributed by atoms with E-state index in [-0.39, 0.29) is 0 Å². The maximum atomic E-state index is 13.1. The van der Waals surface area contributed by atoms with E-state index in [1.165, 1.54) is 0 Å². The molecule has 5 aromatic carbocycles. The number of hydrogen-bond donors (Lipinski definition) is 3. The van der Waals surface area contributed by atoms with E-state index in [1.54, 1.807) is 0 Å². The Morgan fingerprint density at radius 2 is 0.943 bits per heavy atom. The summed E-state index contributed by atoms with van der Waals surface area (Å²) >= 11 is 0. The minimum absolute atomic E-state index is 0.424. The van der Waals surface area contributed by atoms with E-state index in [2.05, 4.69) is 90.1 Å². The molecule has 0 bridgehead atoms. The number of rotatable bonds is 10. The van der Waals surface area contributed by atoms with Gasteiger partial charge >= 0.3 is 0 Å². The molecule has 0 amide bonds. The van der Waals surface area contributed by atoms with Crippen LogP contribution in [-0.2, 0) is 19.4 Å². The maximum absolute atomic E-state index is 13.1. The van der Waals surface area contributed by atoms with Gasteiger partial charge in [-0.15, -0.1) is 0 Å². The fourth-order valence-corrected chi connectivity index (χ4v) is 17.6. The highest BCUT2D eigenvalue weighted by Crippen LogP contribution is 2.47. The Labute approximate surface area is 317 Å². The first kappa shape index (κ1) is 39.0. The van der Waals surface area contributed by atoms with Crippen molar-refractivity contribution < 1.29 is 28.9 Å². The number of aliphatic hydroxyl groups is 3. The van der Waals surface area contributed by atoms with E-state index in [9.17, 15) is 15.3 Å². The van der Waals surface area contributed by atoms with Crippen LogP contribution >= 0.6 is 0 Å². The summed E-state index contributed by atoms with van der Waals surface area (Å²) in [6, 6.07) is 48.1. The highest BCUT2D eigenvalue weighted by molar-refractivity contribution is 7.00. The van der Waals surface area contributed by atoms with Gasteiger partial charge in [0.1, 0.15) is 24.4 Å². The Balaban J connectivity index is 1.60. The second kappa shape index (κ2) is 15.2. The molecule has 0 radical (unpaired) electrons. The van der Waals surface area contributed by atoms with Gasteiger partial charge in [-0.3, -0.25) is 0 Å². The van der Waals surface area contributed by atoms with Crippen LogP contribution in [0.15, 0.2) is 146 Å². The van der Waals surface area contributed by atoms with Gasteiger partial charge in [0, 0.05) is 5.56 Å². The van der Waals surface area contributed by atoms with Crippen LogP contribution in [0.4, 0.5) is 0 Å². The summed E-state index contributed by atoms with van der Waals surface area (Å²) in [5, 5.41) is 40.3. The lowest BCUT2D eigenvalue weighted by Gasteiger charge is -2.55. The van der Waals surface area contributed by atoms with E-state index in [0.29, 0.717) is 5.56 Å². The molecule has 5 atom stereocenters. The molecule has 6 nitrogen and oxygen atoms in total. The average molecular weight is 747 g/mol. The van der Waals surface area contributed by atoms with E-state index < -0.39 is 63.5 Å². The fraction of sp³-hybridized carbons (Fsp3) is 0.333. The van der Waals surface area contributed by atoms with Crippen molar-refractivity contribution in [1.82, 2.24) is 0 Å². The second-order valence-corrected chi connectivity index (χ2v) is 24.8. The van der Waals surface area contributed by atoms with E-state index >= 15 is 0 Å². The van der Waals surface area contributed by atoms with Crippen molar-refractivity contribution in [2.75, 3.05) is 6.61 Å². The predicted octanol–water partition coefficient (Wildman–Crippen LogP) is 5.78. The molecule has 53 heavy (non-hydrogen) atoms. The molecular weight excluding hydrogens is 693 g/mol. The van der Waals surface area contributed by atoms with Crippen LogP contribution in [0.1, 0.15) is 52.7 Å². The first-order valence-electron chi connectivity index (χ1n) is 18.5. The Morgan fingerprint density at radius 1 is 0.585 bits per heavy atom. The molecule has 0 unspecified atom stereocenters. The van der Waals surface area contributed by atoms with Crippen LogP contribution in [0, 0.1) is 6.92 Å². The zero-order valence-electron chi connectivity index (χ0n) is 31.9. The summed E-state index contributed by atoms with van der Waals surface area (Å²) in [4.78, 5) is 0. The SMILES string of the molecule is Cc1ccc([C@@]2(O)O[C@H](CO)[C@@H](O[Si](c3ccccc3)(c3ccccc3)C(C)(C)C)[C@H](O)[C@H]2O[Si](c2ccccc2)(c2ccccc2)C(C)(C)C)cc1. The third kappa shape index (κ3) is 7.03. The maximum Gasteiger partial charge on any atom is 0.261 e. The molecule has 1 aliphatic heterocycles. The van der Waals surface area contributed by atoms with Gasteiger partial charge in [-0.25, -0.2) is 0 Å². The molecule has 1 aliphatic rings.